The third-order valence-corrected chi connectivity index (χ3v) is 7.31. The largest absolute Gasteiger partial charge is 0.459 e. The lowest BCUT2D eigenvalue weighted by Crippen LogP contribution is -2.61. The van der Waals surface area contributed by atoms with E-state index in [1.807, 2.05) is 4.90 Å². The zero-order valence-corrected chi connectivity index (χ0v) is 15.3. The minimum atomic E-state index is -0.0602. The van der Waals surface area contributed by atoms with Crippen LogP contribution in [0.15, 0.2) is 22.8 Å². The topological polar surface area (TPSA) is 62.6 Å². The third kappa shape index (κ3) is 2.85. The highest BCUT2D eigenvalue weighted by Crippen LogP contribution is 2.55. The van der Waals surface area contributed by atoms with Crippen molar-refractivity contribution in [3.8, 4) is 0 Å². The predicted molar refractivity (Wildman–Crippen MR) is 96.4 cm³/mol. The molecule has 0 spiro atoms. The summed E-state index contributed by atoms with van der Waals surface area (Å²) in [6.45, 7) is 1.27. The number of piperidine rings is 1. The molecule has 1 N–H and O–H groups in total. The zero-order valence-electron chi connectivity index (χ0n) is 15.3. The number of nitrogens with one attached hydrogen (secondary N) is 1. The second-order valence-corrected chi connectivity index (χ2v) is 9.23. The van der Waals surface area contributed by atoms with E-state index in [4.69, 9.17) is 4.42 Å². The van der Waals surface area contributed by atoms with Gasteiger partial charge in [0.05, 0.1) is 6.26 Å². The zero-order chi connectivity index (χ0) is 17.7. The van der Waals surface area contributed by atoms with Gasteiger partial charge in [0.2, 0.25) is 5.91 Å². The van der Waals surface area contributed by atoms with Crippen LogP contribution in [-0.4, -0.2) is 35.3 Å². The monoisotopic (exact) mass is 356 g/mol. The van der Waals surface area contributed by atoms with Crippen molar-refractivity contribution in [2.24, 2.45) is 23.7 Å². The van der Waals surface area contributed by atoms with Gasteiger partial charge in [0.1, 0.15) is 0 Å². The first kappa shape index (κ1) is 16.4. The van der Waals surface area contributed by atoms with Crippen molar-refractivity contribution >= 4 is 11.8 Å². The molecule has 4 saturated carbocycles. The molecule has 6 rings (SSSR count). The van der Waals surface area contributed by atoms with Gasteiger partial charge >= 0.3 is 0 Å². The van der Waals surface area contributed by atoms with Crippen molar-refractivity contribution in [3.63, 3.8) is 0 Å². The van der Waals surface area contributed by atoms with E-state index in [2.05, 4.69) is 5.32 Å². The fourth-order valence-electron chi connectivity index (χ4n) is 6.53. The number of nitrogens with zero attached hydrogens (tertiary/aromatic N) is 1. The number of carbonyl (C=O) groups excluding carboxylic acids is 2. The first-order valence-electron chi connectivity index (χ1n) is 10.2. The van der Waals surface area contributed by atoms with Crippen LogP contribution < -0.4 is 5.32 Å². The van der Waals surface area contributed by atoms with Crippen LogP contribution in [0.2, 0.25) is 0 Å². The molecule has 5 fully saturated rings. The minimum Gasteiger partial charge on any atom is -0.459 e. The predicted octanol–water partition coefficient (Wildman–Crippen LogP) is 3.22. The molecule has 2 amide bonds. The van der Waals surface area contributed by atoms with Gasteiger partial charge in [-0.3, -0.25) is 9.59 Å². The van der Waals surface area contributed by atoms with Crippen LogP contribution in [0.3, 0.4) is 0 Å². The SMILES string of the molecule is O=C(NC12CC3CC(CC(C3)C1)C2)C1CCN(C(=O)c2ccco2)CC1. The molecule has 0 radical (unpaired) electrons. The normalized spacial score (nSPS) is 36.3. The maximum atomic E-state index is 13.0. The molecule has 1 aliphatic heterocycles. The molecule has 1 saturated heterocycles. The summed E-state index contributed by atoms with van der Waals surface area (Å²) < 4.78 is 5.21. The lowest BCUT2D eigenvalue weighted by molar-refractivity contribution is -0.132. The number of furan rings is 1. The Morgan fingerprint density at radius 3 is 2.19 bits per heavy atom. The molecule has 1 aromatic rings. The second kappa shape index (κ2) is 6.14. The number of likely N-dealkylation sites (tertiary alicyclic amines) is 1. The number of rotatable bonds is 3. The molecule has 140 valence electrons. The van der Waals surface area contributed by atoms with Crippen molar-refractivity contribution in [2.75, 3.05) is 13.1 Å². The Hall–Kier alpha value is -1.78. The number of amides is 2. The average Bonchev–Trinajstić information content (AvgIpc) is 3.14. The Morgan fingerprint density at radius 1 is 1.04 bits per heavy atom. The van der Waals surface area contributed by atoms with Gasteiger partial charge in [0, 0.05) is 24.5 Å². The maximum absolute atomic E-state index is 13.0. The summed E-state index contributed by atoms with van der Waals surface area (Å²) in [6, 6.07) is 3.44. The molecule has 0 aromatic carbocycles. The Labute approximate surface area is 154 Å². The molecule has 5 nitrogen and oxygen atoms in total. The van der Waals surface area contributed by atoms with Gasteiger partial charge in [0.25, 0.3) is 5.91 Å². The van der Waals surface area contributed by atoms with Crippen molar-refractivity contribution in [1.82, 2.24) is 10.2 Å². The van der Waals surface area contributed by atoms with Gasteiger partial charge < -0.3 is 14.6 Å². The van der Waals surface area contributed by atoms with E-state index in [0.717, 1.165) is 30.6 Å². The van der Waals surface area contributed by atoms with Crippen molar-refractivity contribution < 1.29 is 14.0 Å². The maximum Gasteiger partial charge on any atom is 0.289 e. The van der Waals surface area contributed by atoms with Crippen molar-refractivity contribution in [1.29, 1.82) is 0 Å². The third-order valence-electron chi connectivity index (χ3n) is 7.31. The second-order valence-electron chi connectivity index (χ2n) is 9.23. The molecular weight excluding hydrogens is 328 g/mol. The van der Waals surface area contributed by atoms with E-state index < -0.39 is 0 Å². The summed E-state index contributed by atoms with van der Waals surface area (Å²) in [7, 11) is 0. The molecule has 5 aliphatic rings. The van der Waals surface area contributed by atoms with Crippen LogP contribution in [-0.2, 0) is 4.79 Å². The van der Waals surface area contributed by atoms with E-state index in [-0.39, 0.29) is 23.3 Å². The molecule has 1 aromatic heterocycles. The summed E-state index contributed by atoms with van der Waals surface area (Å²) >= 11 is 0. The Kier molecular flexibility index (Phi) is 3.87. The summed E-state index contributed by atoms with van der Waals surface area (Å²) in [5.41, 5.74) is 0.0902. The molecule has 0 unspecified atom stereocenters. The molecule has 2 heterocycles. The first-order valence-corrected chi connectivity index (χ1v) is 10.2. The fraction of sp³-hybridized carbons (Fsp3) is 0.714. The smallest absolute Gasteiger partial charge is 0.289 e. The molecule has 4 aliphatic carbocycles. The number of hydrogen-bond acceptors (Lipinski definition) is 3. The summed E-state index contributed by atoms with van der Waals surface area (Å²) in [6.07, 6.45) is 10.8. The highest BCUT2D eigenvalue weighted by atomic mass is 16.3. The van der Waals surface area contributed by atoms with Crippen LogP contribution in [0.25, 0.3) is 0 Å². The van der Waals surface area contributed by atoms with Gasteiger partial charge in [-0.05, 0) is 81.3 Å². The fourth-order valence-corrected chi connectivity index (χ4v) is 6.53. The summed E-state index contributed by atoms with van der Waals surface area (Å²) in [5.74, 6) is 3.13. The van der Waals surface area contributed by atoms with E-state index in [0.29, 0.717) is 18.8 Å². The molecule has 0 atom stereocenters. The van der Waals surface area contributed by atoms with Crippen LogP contribution in [0.1, 0.15) is 61.9 Å². The standard InChI is InChI=1S/C21H28N2O3/c24-19(22-21-11-14-8-15(12-21)10-16(9-14)13-21)17-3-5-23(6-4-17)20(25)18-2-1-7-26-18/h1-2,7,14-17H,3-6,8-13H2,(H,22,24). The van der Waals surface area contributed by atoms with E-state index >= 15 is 0 Å². The Bertz CT molecular complexity index is 653. The molecule has 4 bridgehead atoms. The summed E-state index contributed by atoms with van der Waals surface area (Å²) in [4.78, 5) is 27.1. The first-order chi connectivity index (χ1) is 12.6. The Morgan fingerprint density at radius 2 is 1.65 bits per heavy atom. The summed E-state index contributed by atoms with van der Waals surface area (Å²) in [5, 5.41) is 3.50. The highest BCUT2D eigenvalue weighted by molar-refractivity contribution is 5.91. The van der Waals surface area contributed by atoms with Gasteiger partial charge in [-0.25, -0.2) is 0 Å². The minimum absolute atomic E-state index is 0.0451. The molecule has 26 heavy (non-hydrogen) atoms. The van der Waals surface area contributed by atoms with E-state index in [9.17, 15) is 9.59 Å². The molecular formula is C21H28N2O3. The van der Waals surface area contributed by atoms with Crippen LogP contribution in [0.5, 0.6) is 0 Å². The lowest BCUT2D eigenvalue weighted by Gasteiger charge is -2.57. The number of carbonyl (C=O) groups is 2. The lowest BCUT2D eigenvalue weighted by atomic mass is 9.53. The molecule has 5 heteroatoms. The van der Waals surface area contributed by atoms with Crippen LogP contribution >= 0.6 is 0 Å². The Balaban J connectivity index is 1.18. The van der Waals surface area contributed by atoms with Crippen molar-refractivity contribution in [3.05, 3.63) is 24.2 Å². The van der Waals surface area contributed by atoms with Crippen LogP contribution in [0.4, 0.5) is 0 Å². The average molecular weight is 356 g/mol. The van der Waals surface area contributed by atoms with E-state index in [1.54, 1.807) is 12.1 Å². The van der Waals surface area contributed by atoms with Gasteiger partial charge in [-0.1, -0.05) is 0 Å². The van der Waals surface area contributed by atoms with Gasteiger partial charge in [-0.2, -0.15) is 0 Å². The van der Waals surface area contributed by atoms with E-state index in [1.165, 1.54) is 44.8 Å². The van der Waals surface area contributed by atoms with Gasteiger partial charge in [-0.15, -0.1) is 0 Å². The van der Waals surface area contributed by atoms with Crippen LogP contribution in [0, 0.1) is 23.7 Å². The quantitative estimate of drug-likeness (QED) is 0.904. The van der Waals surface area contributed by atoms with Gasteiger partial charge in [0.15, 0.2) is 5.76 Å². The highest BCUT2D eigenvalue weighted by Gasteiger charge is 2.51. The van der Waals surface area contributed by atoms with Crippen molar-refractivity contribution in [2.45, 2.75) is 56.9 Å². The number of hydrogen-bond donors (Lipinski definition) is 1.